The number of ether oxygens (including phenoxy) is 1. The molecule has 0 spiro atoms. The van der Waals surface area contributed by atoms with Crippen LogP contribution in [0.5, 0.6) is 11.6 Å². The van der Waals surface area contributed by atoms with Gasteiger partial charge in [0.25, 0.3) is 0 Å². The van der Waals surface area contributed by atoms with Crippen molar-refractivity contribution < 1.29 is 9.84 Å². The van der Waals surface area contributed by atoms with Crippen molar-refractivity contribution in [1.29, 1.82) is 0 Å². The summed E-state index contributed by atoms with van der Waals surface area (Å²) in [5, 5.41) is 8.98. The maximum Gasteiger partial charge on any atom is 0.245 e. The summed E-state index contributed by atoms with van der Waals surface area (Å²) in [6, 6.07) is 7.08. The Labute approximate surface area is 92.5 Å². The van der Waals surface area contributed by atoms with E-state index < -0.39 is 0 Å². The molecule has 5 heteroatoms. The lowest BCUT2D eigenvalue weighted by Gasteiger charge is -2.07. The van der Waals surface area contributed by atoms with Gasteiger partial charge in [-0.1, -0.05) is 12.1 Å². The second-order valence-electron chi connectivity index (χ2n) is 3.19. The molecule has 0 bridgehead atoms. The van der Waals surface area contributed by atoms with Crippen molar-refractivity contribution in [1.82, 2.24) is 9.97 Å². The molecule has 0 aliphatic rings. The summed E-state index contributed by atoms with van der Waals surface area (Å²) >= 11 is 0. The fraction of sp³-hybridized carbons (Fsp3) is 0.0909. The van der Waals surface area contributed by atoms with Gasteiger partial charge >= 0.3 is 0 Å². The monoisotopic (exact) mass is 217 g/mol. The summed E-state index contributed by atoms with van der Waals surface area (Å²) in [6.07, 6.45) is 2.83. The van der Waals surface area contributed by atoms with Crippen LogP contribution in [-0.2, 0) is 6.61 Å². The molecule has 0 radical (unpaired) electrons. The number of hydrogen-bond donors (Lipinski definition) is 2. The van der Waals surface area contributed by atoms with Crippen molar-refractivity contribution in [2.24, 2.45) is 0 Å². The van der Waals surface area contributed by atoms with Gasteiger partial charge < -0.3 is 15.6 Å². The van der Waals surface area contributed by atoms with Crippen LogP contribution < -0.4 is 10.5 Å². The van der Waals surface area contributed by atoms with E-state index in [1.807, 2.05) is 0 Å². The summed E-state index contributed by atoms with van der Waals surface area (Å²) in [7, 11) is 0. The maximum atomic E-state index is 8.98. The van der Waals surface area contributed by atoms with Crippen LogP contribution in [0.15, 0.2) is 36.8 Å². The lowest BCUT2D eigenvalue weighted by Crippen LogP contribution is -1.96. The average molecular weight is 217 g/mol. The highest BCUT2D eigenvalue weighted by atomic mass is 16.5. The first kappa shape index (κ1) is 10.4. The van der Waals surface area contributed by atoms with E-state index in [1.54, 1.807) is 24.3 Å². The standard InChI is InChI=1S/C11H11N3O2/c12-10-5-13-7-14-11(10)16-9-3-1-2-8(4-9)6-15/h1-5,7,15H,6,12H2. The number of aliphatic hydroxyl groups excluding tert-OH is 1. The molecule has 1 aromatic heterocycles. The summed E-state index contributed by atoms with van der Waals surface area (Å²) in [6.45, 7) is -0.0313. The number of benzene rings is 1. The second kappa shape index (κ2) is 4.59. The maximum absolute atomic E-state index is 8.98. The quantitative estimate of drug-likeness (QED) is 0.810. The van der Waals surface area contributed by atoms with Crippen molar-refractivity contribution in [2.45, 2.75) is 6.61 Å². The third kappa shape index (κ3) is 2.26. The third-order valence-corrected chi connectivity index (χ3v) is 2.00. The molecule has 5 nitrogen and oxygen atoms in total. The Morgan fingerprint density at radius 2 is 2.25 bits per heavy atom. The van der Waals surface area contributed by atoms with Crippen LogP contribution in [0, 0.1) is 0 Å². The van der Waals surface area contributed by atoms with Gasteiger partial charge in [0, 0.05) is 0 Å². The zero-order valence-electron chi connectivity index (χ0n) is 8.50. The number of nitrogen functional groups attached to an aromatic ring is 1. The molecule has 0 aliphatic heterocycles. The Bertz CT molecular complexity index is 488. The molecule has 1 heterocycles. The lowest BCUT2D eigenvalue weighted by molar-refractivity contribution is 0.281. The van der Waals surface area contributed by atoms with E-state index >= 15 is 0 Å². The van der Waals surface area contributed by atoms with Gasteiger partial charge in [0.1, 0.15) is 17.8 Å². The smallest absolute Gasteiger partial charge is 0.245 e. The minimum Gasteiger partial charge on any atom is -0.437 e. The fourth-order valence-electron chi connectivity index (χ4n) is 1.23. The molecule has 82 valence electrons. The van der Waals surface area contributed by atoms with Gasteiger partial charge in [0.05, 0.1) is 12.8 Å². The Balaban J connectivity index is 2.24. The Hall–Kier alpha value is -2.14. The van der Waals surface area contributed by atoms with E-state index in [0.717, 1.165) is 5.56 Å². The minimum absolute atomic E-state index is 0.0313. The molecule has 0 saturated heterocycles. The van der Waals surface area contributed by atoms with E-state index in [0.29, 0.717) is 17.3 Å². The Morgan fingerprint density at radius 3 is 3.00 bits per heavy atom. The molecule has 0 fully saturated rings. The van der Waals surface area contributed by atoms with Gasteiger partial charge in [0.2, 0.25) is 5.88 Å². The minimum atomic E-state index is -0.0313. The first-order valence-electron chi connectivity index (χ1n) is 4.72. The molecule has 0 amide bonds. The van der Waals surface area contributed by atoms with Crippen LogP contribution in [0.1, 0.15) is 5.56 Å². The summed E-state index contributed by atoms with van der Waals surface area (Å²) in [5.74, 6) is 0.891. The number of aliphatic hydroxyl groups is 1. The molecule has 0 saturated carbocycles. The van der Waals surface area contributed by atoms with Gasteiger partial charge in [0.15, 0.2) is 0 Å². The van der Waals surface area contributed by atoms with Crippen molar-refractivity contribution in [2.75, 3.05) is 5.73 Å². The topological polar surface area (TPSA) is 81.3 Å². The number of nitrogens with two attached hydrogens (primary N) is 1. The lowest BCUT2D eigenvalue weighted by atomic mass is 10.2. The first-order valence-corrected chi connectivity index (χ1v) is 4.72. The molecule has 16 heavy (non-hydrogen) atoms. The highest BCUT2D eigenvalue weighted by Crippen LogP contribution is 2.24. The van der Waals surface area contributed by atoms with Crippen LogP contribution in [-0.4, -0.2) is 15.1 Å². The zero-order valence-corrected chi connectivity index (χ0v) is 8.50. The summed E-state index contributed by atoms with van der Waals surface area (Å²) in [5.41, 5.74) is 6.78. The zero-order chi connectivity index (χ0) is 11.4. The average Bonchev–Trinajstić information content (AvgIpc) is 2.32. The van der Waals surface area contributed by atoms with Crippen LogP contribution in [0.2, 0.25) is 0 Å². The van der Waals surface area contributed by atoms with Crippen LogP contribution in [0.25, 0.3) is 0 Å². The number of hydrogen-bond acceptors (Lipinski definition) is 5. The highest BCUT2D eigenvalue weighted by Gasteiger charge is 2.03. The van der Waals surface area contributed by atoms with E-state index in [-0.39, 0.29) is 6.61 Å². The summed E-state index contributed by atoms with van der Waals surface area (Å²) < 4.78 is 5.46. The molecule has 0 atom stereocenters. The Morgan fingerprint density at radius 1 is 1.38 bits per heavy atom. The van der Waals surface area contributed by atoms with Crippen LogP contribution in [0.4, 0.5) is 5.69 Å². The predicted molar refractivity (Wildman–Crippen MR) is 58.9 cm³/mol. The van der Waals surface area contributed by atoms with Crippen molar-refractivity contribution in [3.8, 4) is 11.6 Å². The fourth-order valence-corrected chi connectivity index (χ4v) is 1.23. The van der Waals surface area contributed by atoms with Gasteiger partial charge in [-0.3, -0.25) is 0 Å². The van der Waals surface area contributed by atoms with Crippen molar-refractivity contribution in [3.63, 3.8) is 0 Å². The van der Waals surface area contributed by atoms with Gasteiger partial charge in [-0.2, -0.15) is 4.98 Å². The number of nitrogens with zero attached hydrogens (tertiary/aromatic N) is 2. The third-order valence-electron chi connectivity index (χ3n) is 2.00. The van der Waals surface area contributed by atoms with E-state index in [4.69, 9.17) is 15.6 Å². The molecule has 3 N–H and O–H groups in total. The number of aromatic nitrogens is 2. The first-order chi connectivity index (χ1) is 7.79. The highest BCUT2D eigenvalue weighted by molar-refractivity contribution is 5.47. The second-order valence-corrected chi connectivity index (χ2v) is 3.19. The van der Waals surface area contributed by atoms with E-state index in [2.05, 4.69) is 9.97 Å². The molecule has 2 aromatic rings. The van der Waals surface area contributed by atoms with E-state index in [9.17, 15) is 0 Å². The van der Waals surface area contributed by atoms with Crippen molar-refractivity contribution >= 4 is 5.69 Å². The molecular formula is C11H11N3O2. The van der Waals surface area contributed by atoms with Crippen molar-refractivity contribution in [3.05, 3.63) is 42.4 Å². The number of anilines is 1. The molecule has 2 rings (SSSR count). The molecule has 0 aliphatic carbocycles. The summed E-state index contributed by atoms with van der Waals surface area (Å²) in [4.78, 5) is 7.67. The van der Waals surface area contributed by atoms with Gasteiger partial charge in [-0.25, -0.2) is 4.98 Å². The molecular weight excluding hydrogens is 206 g/mol. The number of rotatable bonds is 3. The predicted octanol–water partition coefficient (Wildman–Crippen LogP) is 1.34. The Kier molecular flexibility index (Phi) is 2.98. The van der Waals surface area contributed by atoms with Crippen LogP contribution in [0.3, 0.4) is 0 Å². The van der Waals surface area contributed by atoms with Gasteiger partial charge in [-0.05, 0) is 17.7 Å². The van der Waals surface area contributed by atoms with Gasteiger partial charge in [-0.15, -0.1) is 0 Å². The SMILES string of the molecule is Nc1cncnc1Oc1cccc(CO)c1. The van der Waals surface area contributed by atoms with Crippen LogP contribution >= 0.6 is 0 Å². The largest absolute Gasteiger partial charge is 0.437 e. The van der Waals surface area contributed by atoms with E-state index in [1.165, 1.54) is 12.5 Å². The molecule has 0 unspecified atom stereocenters. The normalized spacial score (nSPS) is 10.1. The molecule has 1 aromatic carbocycles.